The van der Waals surface area contributed by atoms with Crippen LogP contribution >= 0.6 is 0 Å². The summed E-state index contributed by atoms with van der Waals surface area (Å²) in [5.74, 6) is 0.900. The number of fused-ring (bicyclic) bond motifs is 1. The van der Waals surface area contributed by atoms with Crippen molar-refractivity contribution < 1.29 is 9.32 Å². The minimum atomic E-state index is -0.351. The molecule has 4 aromatic rings. The Morgan fingerprint density at radius 2 is 1.89 bits per heavy atom. The molecule has 1 N–H and O–H groups in total. The summed E-state index contributed by atoms with van der Waals surface area (Å²) in [5, 5.41) is 14.8. The van der Waals surface area contributed by atoms with E-state index in [0.717, 1.165) is 17.0 Å². The Hall–Kier alpha value is -3.55. The van der Waals surface area contributed by atoms with Gasteiger partial charge in [-0.1, -0.05) is 35.0 Å². The summed E-state index contributed by atoms with van der Waals surface area (Å²) in [6, 6.07) is 11.6. The van der Waals surface area contributed by atoms with E-state index in [4.69, 9.17) is 4.52 Å². The molecule has 8 nitrogen and oxygen atoms in total. The van der Waals surface area contributed by atoms with Crippen molar-refractivity contribution in [3.63, 3.8) is 0 Å². The molecule has 0 unspecified atom stereocenters. The van der Waals surface area contributed by atoms with E-state index in [0.29, 0.717) is 17.2 Å². The molecule has 0 saturated heterocycles. The first kappa shape index (κ1) is 16.9. The molecule has 0 aliphatic carbocycles. The summed E-state index contributed by atoms with van der Waals surface area (Å²) < 4.78 is 7.00. The fourth-order valence-corrected chi connectivity index (χ4v) is 2.88. The number of carbonyl (C=O) groups excluding carboxylic acids is 1. The van der Waals surface area contributed by atoms with E-state index in [-0.39, 0.29) is 18.3 Å². The third kappa shape index (κ3) is 3.29. The first-order chi connectivity index (χ1) is 13.0. The van der Waals surface area contributed by atoms with Crippen LogP contribution < -0.4 is 5.32 Å². The fraction of sp³-hybridized carbons (Fsp3) is 0.211. The lowest BCUT2D eigenvalue weighted by atomic mass is 10.1. The highest BCUT2D eigenvalue weighted by molar-refractivity contribution is 5.91. The minimum Gasteiger partial charge on any atom is -0.356 e. The monoisotopic (exact) mass is 362 g/mol. The van der Waals surface area contributed by atoms with E-state index in [2.05, 4.69) is 25.7 Å². The molecular formula is C19H18N6O2. The lowest BCUT2D eigenvalue weighted by Gasteiger charge is -2.04. The number of rotatable bonds is 4. The lowest BCUT2D eigenvalue weighted by molar-refractivity contribution is 0.0938. The van der Waals surface area contributed by atoms with Gasteiger partial charge in [-0.05, 0) is 26.8 Å². The summed E-state index contributed by atoms with van der Waals surface area (Å²) in [6.07, 6.45) is 0. The summed E-state index contributed by atoms with van der Waals surface area (Å²) in [6.45, 7) is 6.00. The van der Waals surface area contributed by atoms with E-state index < -0.39 is 0 Å². The summed E-state index contributed by atoms with van der Waals surface area (Å²) in [4.78, 5) is 16.8. The van der Waals surface area contributed by atoms with Gasteiger partial charge in [0.15, 0.2) is 5.76 Å². The number of nitrogens with zero attached hydrogens (tertiary/aromatic N) is 5. The van der Waals surface area contributed by atoms with Crippen LogP contribution in [0.15, 0.2) is 40.9 Å². The summed E-state index contributed by atoms with van der Waals surface area (Å²) in [5.41, 5.74) is 4.40. The average molecular weight is 362 g/mol. The van der Waals surface area contributed by atoms with Gasteiger partial charge in [0.25, 0.3) is 11.7 Å². The van der Waals surface area contributed by atoms with Crippen LogP contribution in [0.25, 0.3) is 17.1 Å². The van der Waals surface area contributed by atoms with Crippen molar-refractivity contribution in [2.24, 2.45) is 0 Å². The Kier molecular flexibility index (Phi) is 4.15. The maximum Gasteiger partial charge on any atom is 0.289 e. The third-order valence-corrected chi connectivity index (χ3v) is 4.22. The average Bonchev–Trinajstić information content (AvgIpc) is 3.27. The van der Waals surface area contributed by atoms with Crippen LogP contribution in [0.1, 0.15) is 33.3 Å². The van der Waals surface area contributed by atoms with E-state index in [9.17, 15) is 4.79 Å². The smallest absolute Gasteiger partial charge is 0.289 e. The van der Waals surface area contributed by atoms with Crippen molar-refractivity contribution >= 4 is 11.7 Å². The van der Waals surface area contributed by atoms with Crippen molar-refractivity contribution in [3.05, 3.63) is 64.9 Å². The van der Waals surface area contributed by atoms with Crippen LogP contribution in [0.3, 0.4) is 0 Å². The van der Waals surface area contributed by atoms with Gasteiger partial charge in [-0.2, -0.15) is 0 Å². The number of aromatic nitrogens is 5. The van der Waals surface area contributed by atoms with Gasteiger partial charge in [-0.25, -0.2) is 4.98 Å². The second-order valence-corrected chi connectivity index (χ2v) is 6.43. The van der Waals surface area contributed by atoms with Crippen molar-refractivity contribution in [1.29, 1.82) is 0 Å². The SMILES string of the molecule is Cc1ccc(-c2cc(CNC(=O)c3nnc4nc(C)cc(C)n34)no2)cc1. The lowest BCUT2D eigenvalue weighted by Crippen LogP contribution is -2.25. The van der Waals surface area contributed by atoms with Gasteiger partial charge >= 0.3 is 0 Å². The zero-order valence-electron chi connectivity index (χ0n) is 15.2. The van der Waals surface area contributed by atoms with Crippen molar-refractivity contribution in [2.75, 3.05) is 0 Å². The summed E-state index contributed by atoms with van der Waals surface area (Å²) in [7, 11) is 0. The number of hydrogen-bond acceptors (Lipinski definition) is 6. The number of amides is 1. The van der Waals surface area contributed by atoms with Crippen LogP contribution in [0.2, 0.25) is 0 Å². The molecule has 27 heavy (non-hydrogen) atoms. The predicted molar refractivity (Wildman–Crippen MR) is 98.1 cm³/mol. The van der Waals surface area contributed by atoms with Crippen molar-refractivity contribution in [1.82, 2.24) is 30.1 Å². The molecule has 0 spiro atoms. The van der Waals surface area contributed by atoms with Gasteiger partial charge in [0.1, 0.15) is 5.69 Å². The molecule has 136 valence electrons. The molecule has 3 heterocycles. The molecule has 0 aliphatic rings. The molecule has 0 atom stereocenters. The van der Waals surface area contributed by atoms with Crippen molar-refractivity contribution in [3.8, 4) is 11.3 Å². The molecule has 3 aromatic heterocycles. The van der Waals surface area contributed by atoms with E-state index in [1.54, 1.807) is 4.40 Å². The van der Waals surface area contributed by atoms with E-state index in [1.807, 2.05) is 57.2 Å². The highest BCUT2D eigenvalue weighted by Crippen LogP contribution is 2.20. The third-order valence-electron chi connectivity index (χ3n) is 4.22. The maximum absolute atomic E-state index is 12.5. The zero-order valence-corrected chi connectivity index (χ0v) is 15.2. The van der Waals surface area contributed by atoms with Crippen LogP contribution in [-0.2, 0) is 6.54 Å². The largest absolute Gasteiger partial charge is 0.356 e. The van der Waals surface area contributed by atoms with Crippen LogP contribution in [0, 0.1) is 20.8 Å². The molecule has 0 aliphatic heterocycles. The van der Waals surface area contributed by atoms with Crippen LogP contribution in [0.5, 0.6) is 0 Å². The fourth-order valence-electron chi connectivity index (χ4n) is 2.88. The first-order valence-corrected chi connectivity index (χ1v) is 8.51. The maximum atomic E-state index is 12.5. The molecule has 4 rings (SSSR count). The standard InChI is InChI=1S/C19H18N6O2/c1-11-4-6-14(7-5-11)16-9-15(24-27-16)10-20-18(26)17-22-23-19-21-12(2)8-13(3)25(17)19/h4-9H,10H2,1-3H3,(H,20,26). The molecule has 0 radical (unpaired) electrons. The van der Waals surface area contributed by atoms with Gasteiger partial charge < -0.3 is 9.84 Å². The van der Waals surface area contributed by atoms with Gasteiger partial charge in [-0.3, -0.25) is 9.20 Å². The Balaban J connectivity index is 1.49. The number of hydrogen-bond donors (Lipinski definition) is 1. The first-order valence-electron chi connectivity index (χ1n) is 8.51. The molecule has 1 amide bonds. The number of benzene rings is 1. The van der Waals surface area contributed by atoms with Gasteiger partial charge in [0.2, 0.25) is 5.82 Å². The minimum absolute atomic E-state index is 0.192. The summed E-state index contributed by atoms with van der Waals surface area (Å²) >= 11 is 0. The second-order valence-electron chi connectivity index (χ2n) is 6.43. The molecule has 0 bridgehead atoms. The van der Waals surface area contributed by atoms with E-state index in [1.165, 1.54) is 5.56 Å². The topological polar surface area (TPSA) is 98.2 Å². The molecule has 1 aromatic carbocycles. The second kappa shape index (κ2) is 6.64. The number of carbonyl (C=O) groups is 1. The predicted octanol–water partition coefficient (Wildman–Crippen LogP) is 2.63. The van der Waals surface area contributed by atoms with Crippen LogP contribution in [0.4, 0.5) is 0 Å². The van der Waals surface area contributed by atoms with Gasteiger partial charge in [0.05, 0.1) is 6.54 Å². The Labute approximate surface area is 155 Å². The van der Waals surface area contributed by atoms with Crippen molar-refractivity contribution in [2.45, 2.75) is 27.3 Å². The number of aryl methyl sites for hydroxylation is 3. The quantitative estimate of drug-likeness (QED) is 0.599. The Bertz CT molecular complexity index is 1130. The molecule has 0 fully saturated rings. The highest BCUT2D eigenvalue weighted by atomic mass is 16.5. The normalized spacial score (nSPS) is 11.1. The highest BCUT2D eigenvalue weighted by Gasteiger charge is 2.17. The van der Waals surface area contributed by atoms with Crippen LogP contribution in [-0.4, -0.2) is 30.6 Å². The number of nitrogens with one attached hydrogen (secondary N) is 1. The Morgan fingerprint density at radius 1 is 1.11 bits per heavy atom. The molecule has 0 saturated carbocycles. The zero-order chi connectivity index (χ0) is 19.0. The van der Waals surface area contributed by atoms with Gasteiger partial charge in [-0.15, -0.1) is 10.2 Å². The molecular weight excluding hydrogens is 344 g/mol. The van der Waals surface area contributed by atoms with Gasteiger partial charge in [0, 0.05) is 23.0 Å². The Morgan fingerprint density at radius 3 is 2.67 bits per heavy atom. The molecule has 8 heteroatoms. The van der Waals surface area contributed by atoms with E-state index >= 15 is 0 Å².